The monoisotopic (exact) mass is 338 g/mol. The zero-order chi connectivity index (χ0) is 13.7. The van der Waals surface area contributed by atoms with Gasteiger partial charge in [0.2, 0.25) is 0 Å². The molecule has 1 amide bonds. The summed E-state index contributed by atoms with van der Waals surface area (Å²) in [4.78, 5) is 12.6. The fraction of sp³-hybridized carbons (Fsp3) is 0.714. The van der Waals surface area contributed by atoms with Gasteiger partial charge in [-0.1, -0.05) is 6.42 Å². The number of aryl methyl sites for hydroxylation is 1. The number of carbonyl (C=O) groups excluding carboxylic acids is 1. The number of hydrogen-bond donors (Lipinski definition) is 2. The molecule has 1 saturated carbocycles. The van der Waals surface area contributed by atoms with E-state index in [0.717, 1.165) is 43.4 Å². The molecule has 0 aromatic carbocycles. The summed E-state index contributed by atoms with van der Waals surface area (Å²) < 4.78 is 2.86. The van der Waals surface area contributed by atoms with Gasteiger partial charge in [0.05, 0.1) is 15.7 Å². The minimum Gasteiger partial charge on any atom is -0.344 e. The molecule has 1 aliphatic carbocycles. The molecule has 2 aliphatic heterocycles. The van der Waals surface area contributed by atoms with Crippen LogP contribution in [0.25, 0.3) is 0 Å². The van der Waals surface area contributed by atoms with E-state index in [0.29, 0.717) is 11.6 Å². The SMILES string of the molecule is O=C(N[C@]12CCC[C@H]1CNC2)c1nn2c(c1Br)CCC2. The summed E-state index contributed by atoms with van der Waals surface area (Å²) in [6, 6.07) is 0. The largest absolute Gasteiger partial charge is 0.344 e. The Morgan fingerprint density at radius 3 is 3.25 bits per heavy atom. The molecule has 2 atom stereocenters. The molecule has 0 unspecified atom stereocenters. The van der Waals surface area contributed by atoms with Gasteiger partial charge in [0.1, 0.15) is 0 Å². The Morgan fingerprint density at radius 1 is 1.50 bits per heavy atom. The van der Waals surface area contributed by atoms with E-state index in [2.05, 4.69) is 31.7 Å². The second kappa shape index (κ2) is 4.56. The number of carbonyl (C=O) groups is 1. The van der Waals surface area contributed by atoms with Crippen LogP contribution >= 0.6 is 15.9 Å². The number of rotatable bonds is 2. The van der Waals surface area contributed by atoms with Crippen molar-refractivity contribution in [3.63, 3.8) is 0 Å². The lowest BCUT2D eigenvalue weighted by atomic mass is 9.90. The van der Waals surface area contributed by atoms with Gasteiger partial charge in [0.15, 0.2) is 5.69 Å². The highest BCUT2D eigenvalue weighted by Gasteiger charge is 2.47. The predicted octanol–water partition coefficient (Wildman–Crippen LogP) is 1.46. The van der Waals surface area contributed by atoms with Crippen molar-refractivity contribution in [2.75, 3.05) is 13.1 Å². The lowest BCUT2D eigenvalue weighted by Gasteiger charge is -2.29. The molecule has 0 spiro atoms. The number of hydrogen-bond acceptors (Lipinski definition) is 3. The van der Waals surface area contributed by atoms with Crippen LogP contribution in [0, 0.1) is 5.92 Å². The lowest BCUT2D eigenvalue weighted by Crippen LogP contribution is -2.52. The third-order valence-electron chi connectivity index (χ3n) is 5.14. The average Bonchev–Trinajstić information content (AvgIpc) is 3.10. The van der Waals surface area contributed by atoms with Crippen molar-refractivity contribution < 1.29 is 4.79 Å². The van der Waals surface area contributed by atoms with Crippen molar-refractivity contribution in [2.24, 2.45) is 5.92 Å². The Morgan fingerprint density at radius 2 is 2.40 bits per heavy atom. The fourth-order valence-corrected chi connectivity index (χ4v) is 4.74. The molecule has 2 N–H and O–H groups in total. The number of nitrogens with zero attached hydrogens (tertiary/aromatic N) is 2. The normalized spacial score (nSPS) is 31.4. The fourth-order valence-electron chi connectivity index (χ4n) is 4.08. The van der Waals surface area contributed by atoms with Gasteiger partial charge in [-0.05, 0) is 47.5 Å². The van der Waals surface area contributed by atoms with E-state index < -0.39 is 0 Å². The van der Waals surface area contributed by atoms with Crippen molar-refractivity contribution in [3.05, 3.63) is 15.9 Å². The summed E-state index contributed by atoms with van der Waals surface area (Å²) in [7, 11) is 0. The van der Waals surface area contributed by atoms with E-state index in [1.807, 2.05) is 4.68 Å². The molecule has 4 rings (SSSR count). The highest BCUT2D eigenvalue weighted by Crippen LogP contribution is 2.38. The Bertz CT molecular complexity index is 558. The zero-order valence-electron chi connectivity index (χ0n) is 11.4. The molecule has 20 heavy (non-hydrogen) atoms. The van der Waals surface area contributed by atoms with E-state index in [-0.39, 0.29) is 11.4 Å². The number of nitrogens with one attached hydrogen (secondary N) is 2. The first-order chi connectivity index (χ1) is 9.70. The first kappa shape index (κ1) is 12.8. The van der Waals surface area contributed by atoms with Crippen LogP contribution in [0.3, 0.4) is 0 Å². The molecular formula is C14H19BrN4O. The van der Waals surface area contributed by atoms with E-state index in [9.17, 15) is 4.79 Å². The van der Waals surface area contributed by atoms with E-state index in [1.165, 1.54) is 18.5 Å². The first-order valence-corrected chi connectivity index (χ1v) is 8.27. The Balaban J connectivity index is 1.59. The second-order valence-electron chi connectivity index (χ2n) is 6.27. The molecule has 2 fully saturated rings. The summed E-state index contributed by atoms with van der Waals surface area (Å²) in [6.07, 6.45) is 5.65. The summed E-state index contributed by atoms with van der Waals surface area (Å²) in [5.74, 6) is 0.564. The Labute approximate surface area is 126 Å². The molecule has 1 aromatic heterocycles. The van der Waals surface area contributed by atoms with Crippen LogP contribution in [0.5, 0.6) is 0 Å². The number of fused-ring (bicyclic) bond motifs is 2. The van der Waals surface area contributed by atoms with E-state index >= 15 is 0 Å². The molecule has 3 aliphatic rings. The van der Waals surface area contributed by atoms with Gasteiger partial charge in [0.25, 0.3) is 5.91 Å². The second-order valence-corrected chi connectivity index (χ2v) is 7.06. The van der Waals surface area contributed by atoms with Crippen LogP contribution in [-0.2, 0) is 13.0 Å². The summed E-state index contributed by atoms with van der Waals surface area (Å²) in [6.45, 7) is 2.85. The van der Waals surface area contributed by atoms with Crippen LogP contribution < -0.4 is 10.6 Å². The quantitative estimate of drug-likeness (QED) is 0.858. The standard InChI is InChI=1S/C14H19BrN4O/c15-11-10-4-2-6-19(10)18-12(11)13(20)17-14-5-1-3-9(14)7-16-8-14/h9,16H,1-8H2,(H,17,20)/t9-,14-/m0/s1. The molecule has 0 radical (unpaired) electrons. The minimum absolute atomic E-state index is 0.0191. The maximum atomic E-state index is 12.6. The van der Waals surface area contributed by atoms with Crippen LogP contribution in [0.15, 0.2) is 4.47 Å². The van der Waals surface area contributed by atoms with E-state index in [4.69, 9.17) is 0 Å². The van der Waals surface area contributed by atoms with Crippen molar-refractivity contribution in [2.45, 2.75) is 44.2 Å². The third kappa shape index (κ3) is 1.77. The van der Waals surface area contributed by atoms with Crippen LogP contribution in [0.4, 0.5) is 0 Å². The van der Waals surface area contributed by atoms with Crippen LogP contribution in [0.1, 0.15) is 41.9 Å². The smallest absolute Gasteiger partial charge is 0.273 e. The summed E-state index contributed by atoms with van der Waals surface area (Å²) in [5, 5.41) is 11.2. The van der Waals surface area contributed by atoms with Gasteiger partial charge < -0.3 is 10.6 Å². The van der Waals surface area contributed by atoms with Gasteiger partial charge in [-0.15, -0.1) is 0 Å². The number of halogens is 1. The maximum Gasteiger partial charge on any atom is 0.273 e. The van der Waals surface area contributed by atoms with Crippen molar-refractivity contribution >= 4 is 21.8 Å². The highest BCUT2D eigenvalue weighted by molar-refractivity contribution is 9.10. The van der Waals surface area contributed by atoms with Gasteiger partial charge >= 0.3 is 0 Å². The number of amides is 1. The van der Waals surface area contributed by atoms with Crippen LogP contribution in [-0.4, -0.2) is 34.3 Å². The lowest BCUT2D eigenvalue weighted by molar-refractivity contribution is 0.0887. The Hall–Kier alpha value is -0.880. The Kier molecular flexibility index (Phi) is 2.93. The maximum absolute atomic E-state index is 12.6. The topological polar surface area (TPSA) is 59.0 Å². The van der Waals surface area contributed by atoms with Gasteiger partial charge in [-0.3, -0.25) is 9.48 Å². The molecule has 0 bridgehead atoms. The molecule has 1 aromatic rings. The molecule has 1 saturated heterocycles. The van der Waals surface area contributed by atoms with Crippen molar-refractivity contribution in [3.8, 4) is 0 Å². The third-order valence-corrected chi connectivity index (χ3v) is 5.98. The molecule has 3 heterocycles. The molecule has 5 nitrogen and oxygen atoms in total. The van der Waals surface area contributed by atoms with Crippen molar-refractivity contribution in [1.29, 1.82) is 0 Å². The molecule has 108 valence electrons. The summed E-state index contributed by atoms with van der Waals surface area (Å²) in [5.41, 5.74) is 1.69. The highest BCUT2D eigenvalue weighted by atomic mass is 79.9. The average molecular weight is 339 g/mol. The summed E-state index contributed by atoms with van der Waals surface area (Å²) >= 11 is 3.56. The van der Waals surface area contributed by atoms with Gasteiger partial charge in [-0.25, -0.2) is 0 Å². The van der Waals surface area contributed by atoms with Crippen LogP contribution in [0.2, 0.25) is 0 Å². The van der Waals surface area contributed by atoms with Crippen molar-refractivity contribution in [1.82, 2.24) is 20.4 Å². The number of aromatic nitrogens is 2. The predicted molar refractivity (Wildman–Crippen MR) is 78.7 cm³/mol. The zero-order valence-corrected chi connectivity index (χ0v) is 13.0. The van der Waals surface area contributed by atoms with Gasteiger partial charge in [-0.2, -0.15) is 5.10 Å². The first-order valence-electron chi connectivity index (χ1n) is 7.48. The van der Waals surface area contributed by atoms with E-state index in [1.54, 1.807) is 0 Å². The van der Waals surface area contributed by atoms with Gasteiger partial charge in [0, 0.05) is 19.6 Å². The molecule has 6 heteroatoms. The molecular weight excluding hydrogens is 320 g/mol. The minimum atomic E-state index is -0.0371.